The van der Waals surface area contributed by atoms with Gasteiger partial charge in [-0.1, -0.05) is 18.2 Å². The van der Waals surface area contributed by atoms with Crippen molar-refractivity contribution in [3.05, 3.63) is 41.4 Å². The normalized spacial score (nSPS) is 10.1. The monoisotopic (exact) mass is 233 g/mol. The molecule has 0 amide bonds. The second-order valence-corrected chi connectivity index (χ2v) is 4.29. The first-order chi connectivity index (χ1) is 7.88. The highest BCUT2D eigenvalue weighted by Crippen LogP contribution is 2.14. The summed E-state index contributed by atoms with van der Waals surface area (Å²) in [4.78, 5) is 4.43. The summed E-state index contributed by atoms with van der Waals surface area (Å²) in [5, 5.41) is 9.48. The lowest BCUT2D eigenvalue weighted by atomic mass is 10.3. The quantitative estimate of drug-likeness (QED) is 0.834. The SMILES string of the molecule is CNc1nc(CCNc2ccccc2)cs1. The van der Waals surface area contributed by atoms with E-state index in [1.165, 1.54) is 0 Å². The van der Waals surface area contributed by atoms with Crippen molar-refractivity contribution in [2.45, 2.75) is 6.42 Å². The van der Waals surface area contributed by atoms with Crippen LogP contribution in [0.1, 0.15) is 5.69 Å². The van der Waals surface area contributed by atoms with E-state index in [2.05, 4.69) is 33.1 Å². The van der Waals surface area contributed by atoms with E-state index < -0.39 is 0 Å². The second kappa shape index (κ2) is 5.51. The zero-order chi connectivity index (χ0) is 11.2. The molecule has 4 heteroatoms. The fourth-order valence-corrected chi connectivity index (χ4v) is 2.13. The molecule has 0 unspecified atom stereocenters. The maximum Gasteiger partial charge on any atom is 0.182 e. The molecule has 3 nitrogen and oxygen atoms in total. The third-order valence-electron chi connectivity index (χ3n) is 2.25. The average Bonchev–Trinajstić information content (AvgIpc) is 2.78. The Hall–Kier alpha value is -1.55. The number of aromatic nitrogens is 1. The second-order valence-electron chi connectivity index (χ2n) is 3.44. The van der Waals surface area contributed by atoms with Gasteiger partial charge in [0, 0.05) is 31.1 Å². The minimum absolute atomic E-state index is 0.914. The van der Waals surface area contributed by atoms with Crippen LogP contribution in [0.5, 0.6) is 0 Å². The Morgan fingerprint density at radius 1 is 1.25 bits per heavy atom. The highest BCUT2D eigenvalue weighted by atomic mass is 32.1. The molecule has 84 valence electrons. The minimum atomic E-state index is 0.914. The Morgan fingerprint density at radius 2 is 2.06 bits per heavy atom. The van der Waals surface area contributed by atoms with E-state index in [0.29, 0.717) is 0 Å². The molecule has 2 aromatic rings. The molecular formula is C12H15N3S. The molecule has 1 aromatic heterocycles. The van der Waals surface area contributed by atoms with Crippen molar-refractivity contribution in [1.29, 1.82) is 0 Å². The molecule has 1 aromatic carbocycles. The van der Waals surface area contributed by atoms with Crippen LogP contribution in [0.3, 0.4) is 0 Å². The molecule has 0 fully saturated rings. The summed E-state index contributed by atoms with van der Waals surface area (Å²) in [5.74, 6) is 0. The van der Waals surface area contributed by atoms with E-state index in [0.717, 1.165) is 29.5 Å². The summed E-state index contributed by atoms with van der Waals surface area (Å²) >= 11 is 1.65. The zero-order valence-corrected chi connectivity index (χ0v) is 10.1. The van der Waals surface area contributed by atoms with Gasteiger partial charge in [0.15, 0.2) is 5.13 Å². The van der Waals surface area contributed by atoms with Gasteiger partial charge in [0.1, 0.15) is 0 Å². The van der Waals surface area contributed by atoms with E-state index in [4.69, 9.17) is 0 Å². The van der Waals surface area contributed by atoms with Crippen LogP contribution in [0.2, 0.25) is 0 Å². The third-order valence-corrected chi connectivity index (χ3v) is 3.16. The molecule has 0 spiro atoms. The first-order valence-electron chi connectivity index (χ1n) is 5.29. The summed E-state index contributed by atoms with van der Waals surface area (Å²) in [6.45, 7) is 0.914. The fraction of sp³-hybridized carbons (Fsp3) is 0.250. The Morgan fingerprint density at radius 3 is 2.75 bits per heavy atom. The van der Waals surface area contributed by atoms with Crippen LogP contribution < -0.4 is 10.6 Å². The van der Waals surface area contributed by atoms with Gasteiger partial charge in [-0.3, -0.25) is 0 Å². The van der Waals surface area contributed by atoms with Crippen LogP contribution in [0.4, 0.5) is 10.8 Å². The molecule has 0 saturated heterocycles. The lowest BCUT2D eigenvalue weighted by molar-refractivity contribution is 0.978. The maximum absolute atomic E-state index is 4.43. The molecule has 2 rings (SSSR count). The van der Waals surface area contributed by atoms with Gasteiger partial charge >= 0.3 is 0 Å². The lowest BCUT2D eigenvalue weighted by Crippen LogP contribution is -2.04. The van der Waals surface area contributed by atoms with E-state index in [-0.39, 0.29) is 0 Å². The molecule has 0 aliphatic rings. The maximum atomic E-state index is 4.43. The van der Waals surface area contributed by atoms with Gasteiger partial charge in [0.25, 0.3) is 0 Å². The fourth-order valence-electron chi connectivity index (χ4n) is 1.43. The first kappa shape index (κ1) is 11.0. The van der Waals surface area contributed by atoms with Crippen LogP contribution >= 0.6 is 11.3 Å². The van der Waals surface area contributed by atoms with Crippen molar-refractivity contribution in [2.24, 2.45) is 0 Å². The van der Waals surface area contributed by atoms with Gasteiger partial charge in [-0.2, -0.15) is 0 Å². The molecule has 0 saturated carbocycles. The van der Waals surface area contributed by atoms with Crippen LogP contribution in [0.25, 0.3) is 0 Å². The molecule has 2 N–H and O–H groups in total. The van der Waals surface area contributed by atoms with Gasteiger partial charge in [0.05, 0.1) is 5.69 Å². The summed E-state index contributed by atoms with van der Waals surface area (Å²) in [7, 11) is 1.89. The first-order valence-corrected chi connectivity index (χ1v) is 6.17. The number of rotatable bonds is 5. The van der Waals surface area contributed by atoms with Crippen molar-refractivity contribution < 1.29 is 0 Å². The summed E-state index contributed by atoms with van der Waals surface area (Å²) < 4.78 is 0. The highest BCUT2D eigenvalue weighted by molar-refractivity contribution is 7.13. The predicted molar refractivity (Wildman–Crippen MR) is 70.3 cm³/mol. The summed E-state index contributed by atoms with van der Waals surface area (Å²) in [6, 6.07) is 10.2. The number of benzene rings is 1. The zero-order valence-electron chi connectivity index (χ0n) is 9.23. The minimum Gasteiger partial charge on any atom is -0.385 e. The van der Waals surface area contributed by atoms with Gasteiger partial charge in [-0.05, 0) is 12.1 Å². The van der Waals surface area contributed by atoms with E-state index in [9.17, 15) is 0 Å². The Kier molecular flexibility index (Phi) is 3.77. The van der Waals surface area contributed by atoms with Gasteiger partial charge in [-0.15, -0.1) is 11.3 Å². The number of para-hydroxylation sites is 1. The van der Waals surface area contributed by atoms with Gasteiger partial charge in [0.2, 0.25) is 0 Å². The van der Waals surface area contributed by atoms with E-state index in [1.54, 1.807) is 11.3 Å². The van der Waals surface area contributed by atoms with E-state index >= 15 is 0 Å². The Bertz CT molecular complexity index is 425. The number of hydrogen-bond acceptors (Lipinski definition) is 4. The van der Waals surface area contributed by atoms with Crippen LogP contribution in [0.15, 0.2) is 35.7 Å². The molecule has 1 heterocycles. The van der Waals surface area contributed by atoms with Crippen molar-refractivity contribution in [3.8, 4) is 0 Å². The van der Waals surface area contributed by atoms with Crippen molar-refractivity contribution in [2.75, 3.05) is 24.2 Å². The number of hydrogen-bond donors (Lipinski definition) is 2. The number of anilines is 2. The van der Waals surface area contributed by atoms with Crippen molar-refractivity contribution in [1.82, 2.24) is 4.98 Å². The predicted octanol–water partition coefficient (Wildman–Crippen LogP) is 2.84. The summed E-state index contributed by atoms with van der Waals surface area (Å²) in [6.07, 6.45) is 0.951. The van der Waals surface area contributed by atoms with Gasteiger partial charge < -0.3 is 10.6 Å². The Labute approximate surface area is 99.5 Å². The Balaban J connectivity index is 1.80. The largest absolute Gasteiger partial charge is 0.385 e. The smallest absolute Gasteiger partial charge is 0.182 e. The molecule has 0 atom stereocenters. The molecule has 0 aliphatic carbocycles. The molecule has 16 heavy (non-hydrogen) atoms. The number of nitrogens with one attached hydrogen (secondary N) is 2. The van der Waals surface area contributed by atoms with Gasteiger partial charge in [-0.25, -0.2) is 4.98 Å². The summed E-state index contributed by atoms with van der Waals surface area (Å²) in [5.41, 5.74) is 2.30. The molecule has 0 bridgehead atoms. The van der Waals surface area contributed by atoms with Crippen LogP contribution in [0, 0.1) is 0 Å². The van der Waals surface area contributed by atoms with E-state index in [1.807, 2.05) is 25.2 Å². The lowest BCUT2D eigenvalue weighted by Gasteiger charge is -2.03. The van der Waals surface area contributed by atoms with Crippen LogP contribution in [-0.4, -0.2) is 18.6 Å². The molecular weight excluding hydrogens is 218 g/mol. The van der Waals surface area contributed by atoms with Crippen LogP contribution in [-0.2, 0) is 6.42 Å². The molecule has 0 radical (unpaired) electrons. The third kappa shape index (κ3) is 2.97. The molecule has 0 aliphatic heterocycles. The number of nitrogens with zero attached hydrogens (tertiary/aromatic N) is 1. The average molecular weight is 233 g/mol. The van der Waals surface area contributed by atoms with Crippen molar-refractivity contribution in [3.63, 3.8) is 0 Å². The standard InChI is InChI=1S/C12H15N3S/c1-13-12-15-11(9-16-12)7-8-14-10-5-3-2-4-6-10/h2-6,9,14H,7-8H2,1H3,(H,13,15). The van der Waals surface area contributed by atoms with Crippen molar-refractivity contribution >= 4 is 22.2 Å². The topological polar surface area (TPSA) is 37.0 Å². The number of thiazole rings is 1. The highest BCUT2D eigenvalue weighted by Gasteiger charge is 1.99.